The van der Waals surface area contributed by atoms with Crippen LogP contribution in [0, 0.1) is 22.7 Å². The molecule has 0 saturated carbocycles. The normalized spacial score (nSPS) is 11.3. The number of nitrogens with zero attached hydrogens (tertiary/aromatic N) is 2. The van der Waals surface area contributed by atoms with E-state index < -0.39 is 0 Å². The summed E-state index contributed by atoms with van der Waals surface area (Å²) in [5.74, 6) is 0. The molecule has 0 aliphatic heterocycles. The molecule has 0 spiro atoms. The number of thiophene rings is 2. The quantitative estimate of drug-likeness (QED) is 0.213. The molecule has 8 rings (SSSR count). The first kappa shape index (κ1) is 24.5. The van der Waals surface area contributed by atoms with Crippen LogP contribution in [0.15, 0.2) is 121 Å². The van der Waals surface area contributed by atoms with Crippen LogP contribution in [-0.2, 0) is 0 Å². The van der Waals surface area contributed by atoms with E-state index >= 15 is 0 Å². The Morgan fingerprint density at radius 2 is 1.07 bits per heavy atom. The molecule has 0 atom stereocenters. The van der Waals surface area contributed by atoms with Crippen LogP contribution in [0.2, 0.25) is 0 Å². The molecule has 6 aromatic carbocycles. The predicted molar refractivity (Wildman–Crippen MR) is 178 cm³/mol. The third-order valence-electron chi connectivity index (χ3n) is 7.98. The third kappa shape index (κ3) is 3.75. The van der Waals surface area contributed by atoms with Gasteiger partial charge in [-0.15, -0.1) is 22.7 Å². The van der Waals surface area contributed by atoms with E-state index in [1.807, 2.05) is 24.3 Å². The maximum Gasteiger partial charge on any atom is 0.100 e. The van der Waals surface area contributed by atoms with E-state index in [0.29, 0.717) is 11.1 Å². The van der Waals surface area contributed by atoms with Gasteiger partial charge in [0.25, 0.3) is 0 Å². The van der Waals surface area contributed by atoms with Crippen molar-refractivity contribution in [2.45, 2.75) is 0 Å². The molecule has 8 aromatic rings. The molecular formula is C38H20N2S2. The van der Waals surface area contributed by atoms with Crippen molar-refractivity contribution in [3.8, 4) is 45.5 Å². The van der Waals surface area contributed by atoms with Gasteiger partial charge in [-0.05, 0) is 59.2 Å². The highest BCUT2D eigenvalue weighted by atomic mass is 32.1. The zero-order valence-electron chi connectivity index (χ0n) is 22.3. The Balaban J connectivity index is 1.49. The van der Waals surface area contributed by atoms with Crippen molar-refractivity contribution in [2.75, 3.05) is 0 Å². The zero-order chi connectivity index (χ0) is 28.2. The van der Waals surface area contributed by atoms with Crippen LogP contribution in [0.3, 0.4) is 0 Å². The monoisotopic (exact) mass is 568 g/mol. The van der Waals surface area contributed by atoms with Crippen molar-refractivity contribution >= 4 is 63.0 Å². The molecule has 2 nitrogen and oxygen atoms in total. The summed E-state index contributed by atoms with van der Waals surface area (Å²) >= 11 is 3.55. The highest BCUT2D eigenvalue weighted by Gasteiger charge is 2.21. The Bertz CT molecular complexity index is 2430. The van der Waals surface area contributed by atoms with Crippen LogP contribution in [0.25, 0.3) is 73.7 Å². The van der Waals surface area contributed by atoms with E-state index in [1.165, 1.54) is 40.3 Å². The minimum absolute atomic E-state index is 0.623. The van der Waals surface area contributed by atoms with Crippen molar-refractivity contribution in [3.05, 3.63) is 132 Å². The summed E-state index contributed by atoms with van der Waals surface area (Å²) < 4.78 is 4.85. The lowest BCUT2D eigenvalue weighted by atomic mass is 9.86. The number of hydrogen-bond donors (Lipinski definition) is 0. The second-order valence-electron chi connectivity index (χ2n) is 10.3. The highest BCUT2D eigenvalue weighted by molar-refractivity contribution is 7.26. The topological polar surface area (TPSA) is 47.6 Å². The number of fused-ring (bicyclic) bond motifs is 6. The van der Waals surface area contributed by atoms with Crippen LogP contribution >= 0.6 is 22.7 Å². The van der Waals surface area contributed by atoms with E-state index in [0.717, 1.165) is 33.4 Å². The lowest BCUT2D eigenvalue weighted by Crippen LogP contribution is -1.93. The summed E-state index contributed by atoms with van der Waals surface area (Å²) in [5.41, 5.74) is 7.26. The molecule has 0 fully saturated rings. The van der Waals surface area contributed by atoms with Gasteiger partial charge >= 0.3 is 0 Å². The fraction of sp³-hybridized carbons (Fsp3) is 0. The molecule has 42 heavy (non-hydrogen) atoms. The minimum Gasteiger partial charge on any atom is -0.192 e. The standard InChI is InChI=1S/C38H20N2S2/c39-21-23-15-17-24(18-16-23)25-19-31(27-9-6-14-36-37(27)30-8-2-4-13-35(30)41-36)33(22-40)32(20-25)29-11-5-10-28-26-7-1-3-12-34(26)42-38(28)29/h1-20H. The maximum atomic E-state index is 10.8. The lowest BCUT2D eigenvalue weighted by molar-refractivity contribution is 1.47. The fourth-order valence-electron chi connectivity index (χ4n) is 6.05. The van der Waals surface area contributed by atoms with E-state index in [2.05, 4.69) is 109 Å². The minimum atomic E-state index is 0.623. The lowest BCUT2D eigenvalue weighted by Gasteiger charge is -2.16. The summed E-state index contributed by atoms with van der Waals surface area (Å²) in [7, 11) is 0. The SMILES string of the molecule is N#Cc1ccc(-c2cc(-c3cccc4c3sc3ccccc34)c(C#N)c(-c3cccc4sc5ccccc5c34)c2)cc1. The smallest absolute Gasteiger partial charge is 0.100 e. The summed E-state index contributed by atoms with van der Waals surface area (Å²) in [6.07, 6.45) is 0. The van der Waals surface area contributed by atoms with E-state index in [4.69, 9.17) is 0 Å². The molecule has 2 aromatic heterocycles. The molecule has 0 radical (unpaired) electrons. The molecule has 4 heteroatoms. The molecule has 0 unspecified atom stereocenters. The van der Waals surface area contributed by atoms with Gasteiger partial charge in [-0.3, -0.25) is 0 Å². The van der Waals surface area contributed by atoms with Crippen molar-refractivity contribution in [1.29, 1.82) is 10.5 Å². The Kier molecular flexibility index (Phi) is 5.66. The summed E-state index contributed by atoms with van der Waals surface area (Å²) in [6.45, 7) is 0. The number of rotatable bonds is 3. The molecule has 0 amide bonds. The van der Waals surface area contributed by atoms with Gasteiger partial charge in [0.1, 0.15) is 6.07 Å². The van der Waals surface area contributed by atoms with Crippen molar-refractivity contribution in [2.24, 2.45) is 0 Å². The van der Waals surface area contributed by atoms with Crippen molar-refractivity contribution in [1.82, 2.24) is 0 Å². The van der Waals surface area contributed by atoms with Gasteiger partial charge in [0.05, 0.1) is 17.2 Å². The van der Waals surface area contributed by atoms with Gasteiger partial charge in [0, 0.05) is 57.0 Å². The molecule has 0 aliphatic rings. The first-order valence-corrected chi connectivity index (χ1v) is 15.3. The van der Waals surface area contributed by atoms with E-state index in [9.17, 15) is 10.5 Å². The van der Waals surface area contributed by atoms with Gasteiger partial charge in [0.2, 0.25) is 0 Å². The molecular weight excluding hydrogens is 549 g/mol. The van der Waals surface area contributed by atoms with Crippen LogP contribution in [-0.4, -0.2) is 0 Å². The first-order valence-electron chi connectivity index (χ1n) is 13.6. The predicted octanol–water partition coefficient (Wildman–Crippen LogP) is 11.2. The summed E-state index contributed by atoms with van der Waals surface area (Å²) in [6, 6.07) is 46.6. The van der Waals surface area contributed by atoms with Gasteiger partial charge in [-0.2, -0.15) is 10.5 Å². The van der Waals surface area contributed by atoms with Crippen LogP contribution < -0.4 is 0 Å². The van der Waals surface area contributed by atoms with E-state index in [1.54, 1.807) is 22.7 Å². The van der Waals surface area contributed by atoms with Crippen LogP contribution in [0.1, 0.15) is 11.1 Å². The van der Waals surface area contributed by atoms with Gasteiger partial charge in [-0.25, -0.2) is 0 Å². The van der Waals surface area contributed by atoms with Crippen molar-refractivity contribution < 1.29 is 0 Å². The largest absolute Gasteiger partial charge is 0.192 e. The second kappa shape index (κ2) is 9.68. The van der Waals surface area contributed by atoms with Crippen LogP contribution in [0.5, 0.6) is 0 Å². The van der Waals surface area contributed by atoms with Crippen LogP contribution in [0.4, 0.5) is 0 Å². The highest BCUT2D eigenvalue weighted by Crippen LogP contribution is 2.46. The summed E-state index contributed by atoms with van der Waals surface area (Å²) in [4.78, 5) is 0. The second-order valence-corrected chi connectivity index (χ2v) is 12.4. The molecule has 0 aliphatic carbocycles. The molecule has 194 valence electrons. The van der Waals surface area contributed by atoms with Gasteiger partial charge in [0.15, 0.2) is 0 Å². The van der Waals surface area contributed by atoms with E-state index in [-0.39, 0.29) is 0 Å². The average Bonchev–Trinajstić information content (AvgIpc) is 3.63. The van der Waals surface area contributed by atoms with Gasteiger partial charge < -0.3 is 0 Å². The average molecular weight is 569 g/mol. The fourth-order valence-corrected chi connectivity index (χ4v) is 8.41. The Labute approximate surface area is 250 Å². The number of hydrogen-bond acceptors (Lipinski definition) is 4. The Morgan fingerprint density at radius 1 is 0.452 bits per heavy atom. The van der Waals surface area contributed by atoms with Crippen molar-refractivity contribution in [3.63, 3.8) is 0 Å². The Morgan fingerprint density at radius 3 is 1.83 bits per heavy atom. The molecule has 2 heterocycles. The molecule has 0 bridgehead atoms. The zero-order valence-corrected chi connectivity index (χ0v) is 23.9. The third-order valence-corrected chi connectivity index (χ3v) is 10.3. The Hall–Kier alpha value is -5.26. The van der Waals surface area contributed by atoms with Gasteiger partial charge in [-0.1, -0.05) is 78.9 Å². The molecule has 0 saturated heterocycles. The maximum absolute atomic E-state index is 10.8. The first-order chi connectivity index (χ1) is 20.7. The summed E-state index contributed by atoms with van der Waals surface area (Å²) in [5, 5.41) is 25.0. The molecule has 0 N–H and O–H groups in total. The number of nitriles is 2. The number of benzene rings is 6.